The maximum Gasteiger partial charge on any atom is 0.270 e. The lowest BCUT2D eigenvalue weighted by atomic mass is 9.97. The van der Waals surface area contributed by atoms with E-state index in [9.17, 15) is 4.79 Å². The number of fused-ring (bicyclic) bond motifs is 1. The molecule has 0 atom stereocenters. The number of benzene rings is 3. The number of aromatic amines is 1. The van der Waals surface area contributed by atoms with Crippen LogP contribution < -0.4 is 17.0 Å². The Kier molecular flexibility index (Phi) is 5.87. The third kappa shape index (κ3) is 4.57. The molecule has 0 amide bonds. The van der Waals surface area contributed by atoms with Crippen LogP contribution in [-0.4, -0.2) is 21.5 Å². The van der Waals surface area contributed by atoms with Gasteiger partial charge in [-0.3, -0.25) is 20.7 Å². The molecule has 0 saturated heterocycles. The van der Waals surface area contributed by atoms with E-state index in [-0.39, 0.29) is 23.1 Å². The zero-order chi connectivity index (χ0) is 23.7. The number of hydrogen-bond acceptors (Lipinski definition) is 3. The zero-order valence-electron chi connectivity index (χ0n) is 18.8. The van der Waals surface area contributed by atoms with Crippen LogP contribution in [0.1, 0.15) is 53.3 Å². The van der Waals surface area contributed by atoms with E-state index in [1.165, 1.54) is 0 Å². The van der Waals surface area contributed by atoms with Crippen LogP contribution in [-0.2, 0) is 13.0 Å². The first kappa shape index (κ1) is 22.1. The van der Waals surface area contributed by atoms with Crippen LogP contribution in [0.5, 0.6) is 0 Å². The van der Waals surface area contributed by atoms with E-state index in [1.807, 2.05) is 48.5 Å². The Morgan fingerprint density at radius 1 is 0.909 bits per heavy atom. The van der Waals surface area contributed by atoms with Crippen molar-refractivity contribution < 1.29 is 0 Å². The zero-order valence-corrected chi connectivity index (χ0v) is 18.8. The van der Waals surface area contributed by atoms with Crippen molar-refractivity contribution in [2.45, 2.75) is 32.7 Å². The highest BCUT2D eigenvalue weighted by molar-refractivity contribution is 5.99. The van der Waals surface area contributed by atoms with Crippen LogP contribution in [0, 0.1) is 10.8 Å². The molecule has 0 aliphatic heterocycles. The maximum absolute atomic E-state index is 13.3. The smallest absolute Gasteiger partial charge is 0.270 e. The number of aromatic nitrogens is 2. The SMILES string of the molecule is CC(C)c1[nH]n(Cc2cccc(C(=N)N)c2)c(=O)c1Cc1ccc2ccc(C(=N)N)cc2c1. The van der Waals surface area contributed by atoms with E-state index >= 15 is 0 Å². The van der Waals surface area contributed by atoms with Crippen LogP contribution in [0.25, 0.3) is 10.8 Å². The predicted molar refractivity (Wildman–Crippen MR) is 133 cm³/mol. The summed E-state index contributed by atoms with van der Waals surface area (Å²) in [5.74, 6) is 0.192. The normalized spacial score (nSPS) is 11.2. The molecule has 7 nitrogen and oxygen atoms in total. The van der Waals surface area contributed by atoms with Gasteiger partial charge in [0, 0.05) is 28.8 Å². The van der Waals surface area contributed by atoms with Crippen molar-refractivity contribution in [2.75, 3.05) is 0 Å². The Bertz CT molecular complexity index is 1430. The Morgan fingerprint density at radius 2 is 1.61 bits per heavy atom. The molecule has 4 aromatic rings. The first-order chi connectivity index (χ1) is 15.7. The lowest BCUT2D eigenvalue weighted by Gasteiger charge is -2.08. The van der Waals surface area contributed by atoms with Gasteiger partial charge < -0.3 is 11.5 Å². The van der Waals surface area contributed by atoms with Gasteiger partial charge in [-0.2, -0.15) is 0 Å². The number of nitrogens with two attached hydrogens (primary N) is 2. The maximum atomic E-state index is 13.3. The number of hydrogen-bond donors (Lipinski definition) is 5. The standard InChI is InChI=1S/C26H28N6O/c1-15(2)23-22(12-16-6-7-18-8-9-20(25(29)30)13-21(18)10-16)26(33)32(31-23)14-17-4-3-5-19(11-17)24(27)28/h3-11,13,15,31H,12,14H2,1-2H3,(H3,27,28)(H3,29,30). The average Bonchev–Trinajstić information content (AvgIpc) is 3.08. The van der Waals surface area contributed by atoms with Gasteiger partial charge in [-0.15, -0.1) is 0 Å². The number of nitrogens with one attached hydrogen (secondary N) is 3. The van der Waals surface area contributed by atoms with E-state index in [4.69, 9.17) is 22.3 Å². The fourth-order valence-corrected chi connectivity index (χ4v) is 4.10. The van der Waals surface area contributed by atoms with Gasteiger partial charge in [0.25, 0.3) is 5.56 Å². The number of nitrogens with zero attached hydrogens (tertiary/aromatic N) is 1. The number of H-pyrrole nitrogens is 1. The summed E-state index contributed by atoms with van der Waals surface area (Å²) in [6, 6.07) is 19.2. The fraction of sp³-hybridized carbons (Fsp3) is 0.192. The van der Waals surface area contributed by atoms with Crippen LogP contribution in [0.4, 0.5) is 0 Å². The number of amidine groups is 2. The molecular weight excluding hydrogens is 412 g/mol. The first-order valence-corrected chi connectivity index (χ1v) is 10.8. The second-order valence-electron chi connectivity index (χ2n) is 8.65. The lowest BCUT2D eigenvalue weighted by Crippen LogP contribution is -2.20. The summed E-state index contributed by atoms with van der Waals surface area (Å²) in [6.45, 7) is 4.50. The van der Waals surface area contributed by atoms with E-state index in [1.54, 1.807) is 10.7 Å². The molecule has 0 saturated carbocycles. The van der Waals surface area contributed by atoms with E-state index in [0.717, 1.165) is 33.2 Å². The highest BCUT2D eigenvalue weighted by Crippen LogP contribution is 2.22. The van der Waals surface area contributed by atoms with Gasteiger partial charge in [-0.05, 0) is 39.9 Å². The molecule has 7 heteroatoms. The topological polar surface area (TPSA) is 138 Å². The molecule has 1 heterocycles. The molecule has 33 heavy (non-hydrogen) atoms. The average molecular weight is 441 g/mol. The summed E-state index contributed by atoms with van der Waals surface area (Å²) in [5.41, 5.74) is 16.1. The Morgan fingerprint density at radius 3 is 2.30 bits per heavy atom. The van der Waals surface area contributed by atoms with Crippen molar-refractivity contribution in [3.05, 3.63) is 105 Å². The number of rotatable bonds is 7. The fourth-order valence-electron chi connectivity index (χ4n) is 4.10. The minimum atomic E-state index is -0.0514. The second kappa shape index (κ2) is 8.78. The van der Waals surface area contributed by atoms with Gasteiger partial charge >= 0.3 is 0 Å². The van der Waals surface area contributed by atoms with Crippen LogP contribution >= 0.6 is 0 Å². The molecule has 0 bridgehead atoms. The summed E-state index contributed by atoms with van der Waals surface area (Å²) in [5, 5.41) is 20.7. The Labute approximate surface area is 192 Å². The van der Waals surface area contributed by atoms with Crippen molar-refractivity contribution in [3.8, 4) is 0 Å². The third-order valence-corrected chi connectivity index (χ3v) is 5.84. The van der Waals surface area contributed by atoms with Gasteiger partial charge in [-0.25, -0.2) is 4.68 Å². The van der Waals surface area contributed by atoms with Crippen molar-refractivity contribution in [1.82, 2.24) is 9.78 Å². The largest absolute Gasteiger partial charge is 0.384 e. The first-order valence-electron chi connectivity index (χ1n) is 10.8. The molecular formula is C26H28N6O. The summed E-state index contributed by atoms with van der Waals surface area (Å²) in [6.07, 6.45) is 0.504. The van der Waals surface area contributed by atoms with E-state index in [0.29, 0.717) is 24.1 Å². The van der Waals surface area contributed by atoms with E-state index in [2.05, 4.69) is 25.0 Å². The molecule has 4 rings (SSSR count). The molecule has 3 aromatic carbocycles. The lowest BCUT2D eigenvalue weighted by molar-refractivity contribution is 0.640. The summed E-state index contributed by atoms with van der Waals surface area (Å²) in [7, 11) is 0. The van der Waals surface area contributed by atoms with Crippen molar-refractivity contribution in [3.63, 3.8) is 0 Å². The quantitative estimate of drug-likeness (QED) is 0.221. The minimum absolute atomic E-state index is 0.00322. The minimum Gasteiger partial charge on any atom is -0.384 e. The highest BCUT2D eigenvalue weighted by atomic mass is 16.1. The van der Waals surface area contributed by atoms with Gasteiger partial charge in [0.15, 0.2) is 0 Å². The van der Waals surface area contributed by atoms with Gasteiger partial charge in [0.05, 0.1) is 6.54 Å². The van der Waals surface area contributed by atoms with Crippen LogP contribution in [0.3, 0.4) is 0 Å². The van der Waals surface area contributed by atoms with Crippen molar-refractivity contribution in [1.29, 1.82) is 10.8 Å². The van der Waals surface area contributed by atoms with Crippen LogP contribution in [0.15, 0.2) is 65.5 Å². The molecule has 0 fully saturated rings. The molecule has 0 unspecified atom stereocenters. The van der Waals surface area contributed by atoms with E-state index < -0.39 is 0 Å². The predicted octanol–water partition coefficient (Wildman–Crippen LogP) is 3.66. The molecule has 168 valence electrons. The second-order valence-corrected chi connectivity index (χ2v) is 8.65. The summed E-state index contributed by atoms with van der Waals surface area (Å²) < 4.78 is 1.62. The molecule has 0 aliphatic carbocycles. The number of nitrogen functional groups attached to an aromatic ring is 2. The highest BCUT2D eigenvalue weighted by Gasteiger charge is 2.18. The molecule has 0 spiro atoms. The molecule has 1 aromatic heterocycles. The Hall–Kier alpha value is -4.13. The summed E-state index contributed by atoms with van der Waals surface area (Å²) in [4.78, 5) is 13.3. The van der Waals surface area contributed by atoms with Gasteiger partial charge in [0.2, 0.25) is 0 Å². The monoisotopic (exact) mass is 440 g/mol. The van der Waals surface area contributed by atoms with Gasteiger partial charge in [-0.1, -0.05) is 62.4 Å². The van der Waals surface area contributed by atoms with Crippen LogP contribution in [0.2, 0.25) is 0 Å². The molecule has 0 aliphatic rings. The van der Waals surface area contributed by atoms with Gasteiger partial charge in [0.1, 0.15) is 11.7 Å². The Balaban J connectivity index is 1.70. The third-order valence-electron chi connectivity index (χ3n) is 5.84. The van der Waals surface area contributed by atoms with Crippen molar-refractivity contribution >= 4 is 22.4 Å². The van der Waals surface area contributed by atoms with Crippen molar-refractivity contribution in [2.24, 2.45) is 11.5 Å². The molecule has 7 N–H and O–H groups in total. The molecule has 0 radical (unpaired) electrons. The summed E-state index contributed by atoms with van der Waals surface area (Å²) >= 11 is 0.